The molecule has 1 amide bonds. The van der Waals surface area contributed by atoms with Crippen molar-refractivity contribution in [1.82, 2.24) is 9.88 Å². The number of aromatic nitrogens is 1. The van der Waals surface area contributed by atoms with Crippen molar-refractivity contribution in [2.24, 2.45) is 11.3 Å². The molecule has 2 aromatic carbocycles. The predicted octanol–water partition coefficient (Wildman–Crippen LogP) is 6.95. The van der Waals surface area contributed by atoms with Gasteiger partial charge in [0.2, 0.25) is 5.91 Å². The van der Waals surface area contributed by atoms with Crippen molar-refractivity contribution in [1.29, 1.82) is 0 Å². The molecule has 2 atom stereocenters. The Morgan fingerprint density at radius 1 is 1.23 bits per heavy atom. The molecule has 5 nitrogen and oxygen atoms in total. The van der Waals surface area contributed by atoms with Crippen LogP contribution < -0.4 is 10.1 Å². The third kappa shape index (κ3) is 5.81. The van der Waals surface area contributed by atoms with Gasteiger partial charge in [-0.15, -0.1) is 11.3 Å². The van der Waals surface area contributed by atoms with Crippen molar-refractivity contribution < 1.29 is 9.53 Å². The highest BCUT2D eigenvalue weighted by atomic mass is 35.5. The number of carbonyl (C=O) groups excluding carboxylic acids is 1. The maximum Gasteiger partial charge on any atom is 0.245 e. The normalized spacial score (nSPS) is 18.4. The van der Waals surface area contributed by atoms with Gasteiger partial charge >= 0.3 is 0 Å². The van der Waals surface area contributed by atoms with Crippen LogP contribution in [0.1, 0.15) is 45.6 Å². The van der Waals surface area contributed by atoms with Gasteiger partial charge in [-0.2, -0.15) is 0 Å². The van der Waals surface area contributed by atoms with Gasteiger partial charge in [0.15, 0.2) is 5.13 Å². The molecule has 186 valence electrons. The molecule has 0 spiro atoms. The fraction of sp³-hybridized carbons (Fsp3) is 0.429. The van der Waals surface area contributed by atoms with Gasteiger partial charge in [-0.25, -0.2) is 4.98 Å². The molecule has 4 rings (SSSR count). The van der Waals surface area contributed by atoms with Crippen molar-refractivity contribution in [3.05, 3.63) is 64.5 Å². The summed E-state index contributed by atoms with van der Waals surface area (Å²) in [6.45, 7) is 10.1. The summed E-state index contributed by atoms with van der Waals surface area (Å²) in [5.41, 5.74) is 3.12. The summed E-state index contributed by atoms with van der Waals surface area (Å²) in [4.78, 5) is 20.5. The van der Waals surface area contributed by atoms with Crippen molar-refractivity contribution >= 4 is 34.0 Å². The predicted molar refractivity (Wildman–Crippen MR) is 146 cm³/mol. The van der Waals surface area contributed by atoms with Crippen LogP contribution in [-0.2, 0) is 4.79 Å². The molecule has 0 unspecified atom stereocenters. The lowest BCUT2D eigenvalue weighted by Gasteiger charge is -2.45. The zero-order chi connectivity index (χ0) is 25.2. The van der Waals surface area contributed by atoms with Crippen LogP contribution in [0.5, 0.6) is 5.75 Å². The molecule has 1 N–H and O–H groups in total. The van der Waals surface area contributed by atoms with Crippen LogP contribution in [0.3, 0.4) is 0 Å². The SMILES string of the molecule is COc1cccc(-c2csc(N[C@@H](C(=O)N3CC[C@H](c4ccc(Cl)cc4)C(C)(C)C3)C(C)C)n2)c1. The minimum atomic E-state index is -0.331. The molecule has 0 saturated carbocycles. The molecule has 2 heterocycles. The van der Waals surface area contributed by atoms with Crippen LogP contribution in [0.15, 0.2) is 53.9 Å². The molecule has 1 aromatic heterocycles. The monoisotopic (exact) mass is 511 g/mol. The Bertz CT molecular complexity index is 1160. The van der Waals surface area contributed by atoms with E-state index in [2.05, 4.69) is 45.1 Å². The molecule has 1 aliphatic rings. The topological polar surface area (TPSA) is 54.5 Å². The summed E-state index contributed by atoms with van der Waals surface area (Å²) in [5, 5.41) is 6.96. The first-order valence-corrected chi connectivity index (χ1v) is 13.3. The summed E-state index contributed by atoms with van der Waals surface area (Å²) in [5.74, 6) is 1.45. The first-order chi connectivity index (χ1) is 16.7. The van der Waals surface area contributed by atoms with E-state index in [0.717, 1.165) is 46.7 Å². The second-order valence-corrected chi connectivity index (χ2v) is 11.6. The number of hydrogen-bond acceptors (Lipinski definition) is 5. The standard InChI is InChI=1S/C28H34ClN3O2S/c1-18(2)25(31-27-30-24(16-35-27)20-7-6-8-22(15-20)34-5)26(33)32-14-13-23(28(3,4)17-32)19-9-11-21(29)12-10-19/h6-12,15-16,18,23,25H,13-14,17H2,1-5H3,(H,30,31)/t23-,25-/m1/s1. The number of methoxy groups -OCH3 is 1. The van der Waals surface area contributed by atoms with E-state index in [1.807, 2.05) is 46.7 Å². The number of nitrogens with zero attached hydrogens (tertiary/aromatic N) is 2. The van der Waals surface area contributed by atoms with Crippen LogP contribution in [0, 0.1) is 11.3 Å². The highest BCUT2D eigenvalue weighted by Gasteiger charge is 2.40. The number of carbonyl (C=O) groups is 1. The largest absolute Gasteiger partial charge is 0.497 e. The number of nitrogens with one attached hydrogen (secondary N) is 1. The fourth-order valence-corrected chi connectivity index (χ4v) is 5.84. The maximum atomic E-state index is 13.7. The van der Waals surface area contributed by atoms with Gasteiger partial charge in [-0.1, -0.05) is 63.6 Å². The lowest BCUT2D eigenvalue weighted by atomic mass is 9.70. The minimum absolute atomic E-state index is 0.0377. The molecule has 0 aliphatic carbocycles. The third-order valence-corrected chi connectivity index (χ3v) is 7.92. The van der Waals surface area contributed by atoms with Gasteiger partial charge < -0.3 is 15.0 Å². The number of hydrogen-bond donors (Lipinski definition) is 1. The van der Waals surface area contributed by atoms with Crippen LogP contribution in [0.4, 0.5) is 5.13 Å². The first kappa shape index (κ1) is 25.5. The number of piperidine rings is 1. The molecular formula is C28H34ClN3O2S. The molecule has 1 aliphatic heterocycles. The van der Waals surface area contributed by atoms with E-state index in [-0.39, 0.29) is 23.3 Å². The Morgan fingerprint density at radius 3 is 2.63 bits per heavy atom. The van der Waals surface area contributed by atoms with E-state index in [4.69, 9.17) is 21.3 Å². The highest BCUT2D eigenvalue weighted by molar-refractivity contribution is 7.14. The van der Waals surface area contributed by atoms with Gasteiger partial charge in [0.05, 0.1) is 12.8 Å². The van der Waals surface area contributed by atoms with Crippen molar-refractivity contribution in [3.8, 4) is 17.0 Å². The number of thiazole rings is 1. The van der Waals surface area contributed by atoms with Gasteiger partial charge in [0.1, 0.15) is 11.8 Å². The molecular weight excluding hydrogens is 478 g/mol. The lowest BCUT2D eigenvalue weighted by molar-refractivity contribution is -0.136. The zero-order valence-corrected chi connectivity index (χ0v) is 22.6. The number of ether oxygens (including phenoxy) is 1. The van der Waals surface area contributed by atoms with Gasteiger partial charge in [0, 0.05) is 29.1 Å². The average molecular weight is 512 g/mol. The molecule has 1 saturated heterocycles. The third-order valence-electron chi connectivity index (χ3n) is 6.89. The highest BCUT2D eigenvalue weighted by Crippen LogP contribution is 2.42. The number of likely N-dealkylation sites (tertiary alicyclic amines) is 1. The minimum Gasteiger partial charge on any atom is -0.497 e. The van der Waals surface area contributed by atoms with E-state index in [1.165, 1.54) is 16.9 Å². The molecule has 3 aromatic rings. The molecule has 7 heteroatoms. The number of rotatable bonds is 7. The molecule has 0 radical (unpaired) electrons. The van der Waals surface area contributed by atoms with Crippen molar-refractivity contribution in [2.75, 3.05) is 25.5 Å². The van der Waals surface area contributed by atoms with Crippen LogP contribution in [0.25, 0.3) is 11.3 Å². The second-order valence-electron chi connectivity index (χ2n) is 10.3. The van der Waals surface area contributed by atoms with E-state index < -0.39 is 0 Å². The summed E-state index contributed by atoms with van der Waals surface area (Å²) in [6.07, 6.45) is 0.933. The Morgan fingerprint density at radius 2 is 1.97 bits per heavy atom. The van der Waals surface area contributed by atoms with Gasteiger partial charge in [-0.05, 0) is 53.5 Å². The smallest absolute Gasteiger partial charge is 0.245 e. The van der Waals surface area contributed by atoms with E-state index in [0.29, 0.717) is 5.92 Å². The summed E-state index contributed by atoms with van der Waals surface area (Å²) in [7, 11) is 1.66. The zero-order valence-electron chi connectivity index (χ0n) is 21.0. The second kappa shape index (κ2) is 10.6. The van der Waals surface area contributed by atoms with Crippen LogP contribution in [-0.4, -0.2) is 42.0 Å². The maximum absolute atomic E-state index is 13.7. The molecule has 35 heavy (non-hydrogen) atoms. The number of benzene rings is 2. The van der Waals surface area contributed by atoms with Gasteiger partial charge in [0.25, 0.3) is 0 Å². The van der Waals surface area contributed by atoms with E-state index in [1.54, 1.807) is 7.11 Å². The fourth-order valence-electron chi connectivity index (χ4n) is 4.96. The number of amides is 1. The Hall–Kier alpha value is -2.57. The lowest BCUT2D eigenvalue weighted by Crippen LogP contribution is -2.53. The van der Waals surface area contributed by atoms with Gasteiger partial charge in [-0.3, -0.25) is 4.79 Å². The van der Waals surface area contributed by atoms with Crippen molar-refractivity contribution in [3.63, 3.8) is 0 Å². The van der Waals surface area contributed by atoms with E-state index in [9.17, 15) is 4.79 Å². The quantitative estimate of drug-likeness (QED) is 0.373. The number of halogens is 1. The summed E-state index contributed by atoms with van der Waals surface area (Å²) >= 11 is 7.62. The molecule has 1 fully saturated rings. The first-order valence-electron chi connectivity index (χ1n) is 12.1. The Kier molecular flexibility index (Phi) is 7.72. The summed E-state index contributed by atoms with van der Waals surface area (Å²) in [6, 6.07) is 15.7. The van der Waals surface area contributed by atoms with Crippen LogP contribution in [0.2, 0.25) is 5.02 Å². The van der Waals surface area contributed by atoms with E-state index >= 15 is 0 Å². The number of anilines is 1. The average Bonchev–Trinajstić information content (AvgIpc) is 3.31. The molecule has 0 bridgehead atoms. The Labute approximate surface area is 217 Å². The van der Waals surface area contributed by atoms with Crippen LogP contribution >= 0.6 is 22.9 Å². The Balaban J connectivity index is 1.46. The summed E-state index contributed by atoms with van der Waals surface area (Å²) < 4.78 is 5.34. The van der Waals surface area contributed by atoms with Crippen molar-refractivity contribution in [2.45, 2.75) is 46.1 Å².